The molecule has 0 spiro atoms. The number of amides is 2. The molecule has 2 heterocycles. The summed E-state index contributed by atoms with van der Waals surface area (Å²) in [6.07, 6.45) is 8.42. The van der Waals surface area contributed by atoms with Crippen molar-refractivity contribution in [3.8, 4) is 11.3 Å². The number of pyridine rings is 1. The van der Waals surface area contributed by atoms with Gasteiger partial charge in [-0.05, 0) is 81.2 Å². The number of nitrogens with one attached hydrogen (secondary N) is 3. The number of anilines is 4. The van der Waals surface area contributed by atoms with Crippen LogP contribution in [-0.2, 0) is 4.79 Å². The van der Waals surface area contributed by atoms with E-state index in [0.29, 0.717) is 29.4 Å². The van der Waals surface area contributed by atoms with Crippen molar-refractivity contribution in [3.63, 3.8) is 0 Å². The molecule has 0 fully saturated rings. The third-order valence-electron chi connectivity index (χ3n) is 5.51. The number of likely N-dealkylation sites (N-methyl/N-ethyl adjacent to an activating group) is 1. The van der Waals surface area contributed by atoms with Crippen molar-refractivity contribution >= 4 is 34.8 Å². The molecule has 38 heavy (non-hydrogen) atoms. The number of rotatable bonds is 9. The number of benzene rings is 2. The molecule has 3 N–H and O–H groups in total. The molecule has 2 aromatic heterocycles. The maximum absolute atomic E-state index is 12.8. The van der Waals surface area contributed by atoms with Gasteiger partial charge in [0, 0.05) is 59.4 Å². The van der Waals surface area contributed by atoms with Gasteiger partial charge >= 0.3 is 0 Å². The first-order valence-corrected chi connectivity index (χ1v) is 12.0. The molecule has 0 saturated carbocycles. The highest BCUT2D eigenvalue weighted by Crippen LogP contribution is 2.24. The minimum Gasteiger partial charge on any atom is -0.324 e. The lowest BCUT2D eigenvalue weighted by Gasteiger charge is -2.12. The van der Waals surface area contributed by atoms with Gasteiger partial charge in [0.1, 0.15) is 0 Å². The van der Waals surface area contributed by atoms with E-state index in [1.807, 2.05) is 62.3 Å². The first kappa shape index (κ1) is 26.2. The molecule has 0 atom stereocenters. The fraction of sp³-hybridized carbons (Fsp3) is 0.138. The third-order valence-corrected chi connectivity index (χ3v) is 5.51. The summed E-state index contributed by atoms with van der Waals surface area (Å²) < 4.78 is 0. The van der Waals surface area contributed by atoms with Gasteiger partial charge < -0.3 is 20.9 Å². The molecular formula is C29H29N7O2. The molecule has 0 unspecified atom stereocenters. The van der Waals surface area contributed by atoms with Crippen molar-refractivity contribution in [1.29, 1.82) is 0 Å². The van der Waals surface area contributed by atoms with E-state index in [0.717, 1.165) is 22.5 Å². The van der Waals surface area contributed by atoms with Gasteiger partial charge in [-0.3, -0.25) is 14.6 Å². The van der Waals surface area contributed by atoms with Crippen LogP contribution in [0, 0.1) is 6.92 Å². The van der Waals surface area contributed by atoms with Crippen LogP contribution in [0.2, 0.25) is 0 Å². The van der Waals surface area contributed by atoms with Crippen LogP contribution in [0.25, 0.3) is 11.3 Å². The number of hydrogen-bond acceptors (Lipinski definition) is 7. The number of hydrogen-bond donors (Lipinski definition) is 3. The Balaban J connectivity index is 1.40. The predicted octanol–water partition coefficient (Wildman–Crippen LogP) is 4.90. The van der Waals surface area contributed by atoms with E-state index in [9.17, 15) is 9.59 Å². The van der Waals surface area contributed by atoms with Crippen molar-refractivity contribution in [2.75, 3.05) is 36.6 Å². The second-order valence-electron chi connectivity index (χ2n) is 8.85. The minimum atomic E-state index is -0.265. The highest BCUT2D eigenvalue weighted by atomic mass is 16.2. The normalized spacial score (nSPS) is 10.9. The average Bonchev–Trinajstić information content (AvgIpc) is 2.91. The van der Waals surface area contributed by atoms with Crippen LogP contribution < -0.4 is 16.0 Å². The van der Waals surface area contributed by atoms with E-state index in [1.54, 1.807) is 48.9 Å². The second kappa shape index (κ2) is 12.4. The highest BCUT2D eigenvalue weighted by molar-refractivity contribution is 6.05. The fourth-order valence-corrected chi connectivity index (χ4v) is 3.51. The van der Waals surface area contributed by atoms with Crippen LogP contribution in [-0.4, -0.2) is 52.3 Å². The Morgan fingerprint density at radius 2 is 1.74 bits per heavy atom. The average molecular weight is 508 g/mol. The summed E-state index contributed by atoms with van der Waals surface area (Å²) in [5.41, 5.74) is 5.08. The van der Waals surface area contributed by atoms with Gasteiger partial charge in [-0.25, -0.2) is 9.97 Å². The van der Waals surface area contributed by atoms with Crippen molar-refractivity contribution < 1.29 is 9.59 Å². The van der Waals surface area contributed by atoms with E-state index < -0.39 is 0 Å². The smallest absolute Gasteiger partial charge is 0.255 e. The van der Waals surface area contributed by atoms with Gasteiger partial charge in [-0.2, -0.15) is 0 Å². The van der Waals surface area contributed by atoms with Crippen molar-refractivity contribution in [1.82, 2.24) is 19.9 Å². The zero-order chi connectivity index (χ0) is 26.9. The van der Waals surface area contributed by atoms with Crippen LogP contribution in [0.3, 0.4) is 0 Å². The zero-order valence-electron chi connectivity index (χ0n) is 21.5. The molecule has 0 saturated heterocycles. The summed E-state index contributed by atoms with van der Waals surface area (Å²) in [6, 6.07) is 17.9. The summed E-state index contributed by atoms with van der Waals surface area (Å²) in [5.74, 6) is -0.0517. The molecular weight excluding hydrogens is 478 g/mol. The van der Waals surface area contributed by atoms with Crippen LogP contribution in [0.15, 0.2) is 91.4 Å². The lowest BCUT2D eigenvalue weighted by molar-refractivity contribution is -0.111. The highest BCUT2D eigenvalue weighted by Gasteiger charge is 2.10. The van der Waals surface area contributed by atoms with Gasteiger partial charge in [0.25, 0.3) is 5.91 Å². The number of carbonyl (C=O) groups is 2. The Morgan fingerprint density at radius 3 is 2.47 bits per heavy atom. The first-order chi connectivity index (χ1) is 18.4. The van der Waals surface area contributed by atoms with Gasteiger partial charge in [0.2, 0.25) is 11.9 Å². The summed E-state index contributed by atoms with van der Waals surface area (Å²) in [6.45, 7) is 2.63. The fourth-order valence-electron chi connectivity index (χ4n) is 3.51. The van der Waals surface area contributed by atoms with Gasteiger partial charge in [0.05, 0.1) is 5.69 Å². The number of nitrogens with zero attached hydrogens (tertiary/aromatic N) is 4. The van der Waals surface area contributed by atoms with Crippen molar-refractivity contribution in [3.05, 3.63) is 103 Å². The van der Waals surface area contributed by atoms with Crippen LogP contribution in [0.4, 0.5) is 23.0 Å². The minimum absolute atomic E-state index is 0.223. The van der Waals surface area contributed by atoms with Crippen LogP contribution >= 0.6 is 0 Å². The molecule has 4 rings (SSSR count). The molecule has 192 valence electrons. The lowest BCUT2D eigenvalue weighted by Crippen LogP contribution is -2.14. The van der Waals surface area contributed by atoms with E-state index in [2.05, 4.69) is 30.9 Å². The molecule has 2 aromatic carbocycles. The Bertz CT molecular complexity index is 1440. The van der Waals surface area contributed by atoms with E-state index in [4.69, 9.17) is 0 Å². The number of carbonyl (C=O) groups excluding carboxylic acids is 2. The Kier molecular flexibility index (Phi) is 8.53. The van der Waals surface area contributed by atoms with E-state index in [1.165, 1.54) is 6.08 Å². The van der Waals surface area contributed by atoms with Gasteiger partial charge in [0.15, 0.2) is 0 Å². The van der Waals surface area contributed by atoms with Crippen molar-refractivity contribution in [2.24, 2.45) is 0 Å². The number of aromatic nitrogens is 3. The topological polar surface area (TPSA) is 112 Å². The van der Waals surface area contributed by atoms with E-state index >= 15 is 0 Å². The van der Waals surface area contributed by atoms with Gasteiger partial charge in [-0.15, -0.1) is 0 Å². The second-order valence-corrected chi connectivity index (χ2v) is 8.85. The summed E-state index contributed by atoms with van der Waals surface area (Å²) in [7, 11) is 3.86. The molecule has 0 bridgehead atoms. The molecule has 0 radical (unpaired) electrons. The van der Waals surface area contributed by atoms with Crippen LogP contribution in [0.1, 0.15) is 15.9 Å². The third kappa shape index (κ3) is 7.31. The molecule has 0 aliphatic carbocycles. The Labute approximate surface area is 221 Å². The van der Waals surface area contributed by atoms with E-state index in [-0.39, 0.29) is 11.8 Å². The summed E-state index contributed by atoms with van der Waals surface area (Å²) >= 11 is 0. The molecule has 9 nitrogen and oxygen atoms in total. The maximum atomic E-state index is 12.8. The maximum Gasteiger partial charge on any atom is 0.255 e. The molecule has 4 aromatic rings. The Morgan fingerprint density at radius 1 is 0.947 bits per heavy atom. The monoisotopic (exact) mass is 507 g/mol. The first-order valence-electron chi connectivity index (χ1n) is 12.0. The van der Waals surface area contributed by atoms with Crippen LogP contribution in [0.5, 0.6) is 0 Å². The quantitative estimate of drug-likeness (QED) is 0.276. The van der Waals surface area contributed by atoms with Gasteiger partial charge in [-0.1, -0.05) is 12.1 Å². The lowest BCUT2D eigenvalue weighted by atomic mass is 10.1. The Hall–Kier alpha value is -4.89. The number of aryl methyl sites for hydroxylation is 1. The molecule has 0 aliphatic heterocycles. The predicted molar refractivity (Wildman–Crippen MR) is 150 cm³/mol. The molecule has 2 amide bonds. The summed E-state index contributed by atoms with van der Waals surface area (Å²) in [5, 5.41) is 8.94. The zero-order valence-corrected chi connectivity index (χ0v) is 21.5. The molecule has 0 aliphatic rings. The SMILES string of the molecule is Cc1ccc(NC(=O)c2ccc(NC(=O)C=CCN(C)C)cc2)cc1Nc1nccc(-c2cccnc2)n1. The standard InChI is InChI=1S/C29H29N7O2/c1-20-8-11-24(18-26(20)35-29-31-16-14-25(34-29)22-6-4-15-30-19-22)33-28(38)21-9-12-23(13-10-21)32-27(37)7-5-17-36(2)3/h4-16,18-19H,17H2,1-3H3,(H,32,37)(H,33,38)(H,31,34,35). The molecule has 9 heteroatoms. The largest absolute Gasteiger partial charge is 0.324 e. The van der Waals surface area contributed by atoms with Crippen molar-refractivity contribution in [2.45, 2.75) is 6.92 Å². The summed E-state index contributed by atoms with van der Waals surface area (Å²) in [4.78, 5) is 39.9.